The summed E-state index contributed by atoms with van der Waals surface area (Å²) < 4.78 is 32.9. The fourth-order valence-corrected chi connectivity index (χ4v) is 4.00. The number of anilines is 1. The van der Waals surface area contributed by atoms with Crippen LogP contribution in [-0.2, 0) is 10.1 Å². The van der Waals surface area contributed by atoms with Crippen molar-refractivity contribution in [2.75, 3.05) is 5.73 Å². The third-order valence-corrected chi connectivity index (χ3v) is 5.13. The van der Waals surface area contributed by atoms with Gasteiger partial charge < -0.3 is 5.73 Å². The molecule has 0 saturated heterocycles. The van der Waals surface area contributed by atoms with Gasteiger partial charge in [-0.2, -0.15) is 8.42 Å². The van der Waals surface area contributed by atoms with E-state index in [1.807, 2.05) is 42.5 Å². The zero-order valence-corrected chi connectivity index (χ0v) is 12.8. The molecule has 114 valence electrons. The number of fused-ring (bicyclic) bond motifs is 5. The maximum atomic E-state index is 11.7. The van der Waals surface area contributed by atoms with Crippen LogP contribution in [0.3, 0.4) is 0 Å². The summed E-state index contributed by atoms with van der Waals surface area (Å²) in [7, 11) is -4.40. The maximum Gasteiger partial charge on any atom is 0.297 e. The van der Waals surface area contributed by atoms with E-state index < -0.39 is 10.1 Å². The number of hydrogen-bond acceptors (Lipinski definition) is 3. The van der Waals surface area contributed by atoms with Crippen LogP contribution >= 0.6 is 0 Å². The van der Waals surface area contributed by atoms with Gasteiger partial charge in [0.25, 0.3) is 10.1 Å². The Kier molecular flexibility index (Phi) is 2.85. The van der Waals surface area contributed by atoms with Crippen molar-refractivity contribution >= 4 is 48.1 Å². The average molecular weight is 323 g/mol. The standard InChI is InChI=1S/C18H13NO3S/c19-17-10-9-15-14-6-5-11-3-1-2-4-12(11)13(14)7-8-16(15)18(17)23(20,21)22/h1-10H,19H2,(H,20,21,22). The predicted molar refractivity (Wildman–Crippen MR) is 93.2 cm³/mol. The van der Waals surface area contributed by atoms with Crippen LogP contribution in [0.25, 0.3) is 32.3 Å². The summed E-state index contributed by atoms with van der Waals surface area (Å²) in [4.78, 5) is -0.231. The Balaban J connectivity index is 2.25. The summed E-state index contributed by atoms with van der Waals surface area (Å²) in [5, 5.41) is 5.33. The number of nitrogens with two attached hydrogens (primary N) is 1. The van der Waals surface area contributed by atoms with Crippen LogP contribution in [0, 0.1) is 0 Å². The highest BCUT2D eigenvalue weighted by atomic mass is 32.2. The molecule has 5 heteroatoms. The molecule has 0 unspecified atom stereocenters. The van der Waals surface area contributed by atoms with Crippen LogP contribution in [0.2, 0.25) is 0 Å². The van der Waals surface area contributed by atoms with E-state index >= 15 is 0 Å². The molecule has 0 aromatic heterocycles. The lowest BCUT2D eigenvalue weighted by molar-refractivity contribution is 0.484. The van der Waals surface area contributed by atoms with Crippen LogP contribution in [0.5, 0.6) is 0 Å². The lowest BCUT2D eigenvalue weighted by Gasteiger charge is -2.11. The van der Waals surface area contributed by atoms with Crippen molar-refractivity contribution in [3.63, 3.8) is 0 Å². The number of hydrogen-bond donors (Lipinski definition) is 2. The smallest absolute Gasteiger partial charge is 0.297 e. The zero-order chi connectivity index (χ0) is 16.2. The van der Waals surface area contributed by atoms with E-state index in [-0.39, 0.29) is 10.6 Å². The van der Waals surface area contributed by atoms with Gasteiger partial charge >= 0.3 is 0 Å². The highest BCUT2D eigenvalue weighted by Crippen LogP contribution is 2.35. The molecule has 23 heavy (non-hydrogen) atoms. The van der Waals surface area contributed by atoms with Crippen LogP contribution in [0.4, 0.5) is 5.69 Å². The van der Waals surface area contributed by atoms with Crippen LogP contribution in [-0.4, -0.2) is 13.0 Å². The van der Waals surface area contributed by atoms with Gasteiger partial charge in [-0.15, -0.1) is 0 Å². The molecular formula is C18H13NO3S. The van der Waals surface area contributed by atoms with E-state index in [0.29, 0.717) is 5.39 Å². The summed E-state index contributed by atoms with van der Waals surface area (Å²) in [5.41, 5.74) is 5.81. The van der Waals surface area contributed by atoms with E-state index in [1.54, 1.807) is 12.1 Å². The van der Waals surface area contributed by atoms with Gasteiger partial charge in [-0.1, -0.05) is 54.6 Å². The SMILES string of the molecule is Nc1ccc2c(ccc3c4ccccc4ccc23)c1S(=O)(=O)O. The molecule has 0 fully saturated rings. The van der Waals surface area contributed by atoms with Crippen molar-refractivity contribution in [3.8, 4) is 0 Å². The molecule has 3 N–H and O–H groups in total. The van der Waals surface area contributed by atoms with Crippen LogP contribution in [0.1, 0.15) is 0 Å². The van der Waals surface area contributed by atoms with Crippen molar-refractivity contribution in [1.82, 2.24) is 0 Å². The average Bonchev–Trinajstić information content (AvgIpc) is 2.52. The topological polar surface area (TPSA) is 80.4 Å². The van der Waals surface area contributed by atoms with Gasteiger partial charge in [-0.3, -0.25) is 4.55 Å². The first-order chi connectivity index (χ1) is 11.0. The predicted octanol–water partition coefficient (Wildman–Crippen LogP) is 3.98. The Morgan fingerprint density at radius 3 is 2.04 bits per heavy atom. The summed E-state index contributed by atoms with van der Waals surface area (Å²) in [5.74, 6) is 0. The number of benzene rings is 4. The van der Waals surface area contributed by atoms with Gasteiger partial charge in [0.05, 0.1) is 5.69 Å². The highest BCUT2D eigenvalue weighted by Gasteiger charge is 2.19. The van der Waals surface area contributed by atoms with Crippen molar-refractivity contribution in [2.45, 2.75) is 4.90 Å². The van der Waals surface area contributed by atoms with Gasteiger partial charge in [0.2, 0.25) is 0 Å². The highest BCUT2D eigenvalue weighted by molar-refractivity contribution is 7.86. The summed E-state index contributed by atoms with van der Waals surface area (Å²) in [6.45, 7) is 0. The molecule has 0 aliphatic carbocycles. The van der Waals surface area contributed by atoms with Crippen molar-refractivity contribution < 1.29 is 13.0 Å². The lowest BCUT2D eigenvalue weighted by Crippen LogP contribution is -2.04. The zero-order valence-electron chi connectivity index (χ0n) is 12.0. The van der Waals surface area contributed by atoms with Crippen LogP contribution in [0.15, 0.2) is 65.6 Å². The molecule has 0 spiro atoms. The molecule has 0 bridgehead atoms. The van der Waals surface area contributed by atoms with E-state index in [4.69, 9.17) is 5.73 Å². The Hall–Kier alpha value is -2.63. The van der Waals surface area contributed by atoms with E-state index in [2.05, 4.69) is 0 Å². The first-order valence-corrected chi connectivity index (χ1v) is 8.51. The second-order valence-corrected chi connectivity index (χ2v) is 6.86. The Bertz CT molecular complexity index is 1200. The molecule has 0 saturated carbocycles. The third kappa shape index (κ3) is 2.05. The van der Waals surface area contributed by atoms with Gasteiger partial charge in [-0.05, 0) is 33.0 Å². The molecule has 0 aliphatic rings. The molecule has 0 aliphatic heterocycles. The molecule has 4 nitrogen and oxygen atoms in total. The van der Waals surface area contributed by atoms with Gasteiger partial charge in [0.1, 0.15) is 4.90 Å². The van der Waals surface area contributed by atoms with Crippen molar-refractivity contribution in [3.05, 3.63) is 60.7 Å². The molecule has 0 heterocycles. The van der Waals surface area contributed by atoms with Crippen molar-refractivity contribution in [1.29, 1.82) is 0 Å². The second kappa shape index (κ2) is 4.68. The van der Waals surface area contributed by atoms with E-state index in [1.165, 1.54) is 6.07 Å². The summed E-state index contributed by atoms with van der Waals surface area (Å²) in [6.07, 6.45) is 0. The van der Waals surface area contributed by atoms with Gasteiger partial charge in [0, 0.05) is 5.39 Å². The molecule has 4 aromatic carbocycles. The molecule has 0 amide bonds. The normalized spacial score (nSPS) is 12.2. The fraction of sp³-hybridized carbons (Fsp3) is 0. The monoisotopic (exact) mass is 323 g/mol. The minimum absolute atomic E-state index is 0.0418. The molecule has 4 rings (SSSR count). The van der Waals surface area contributed by atoms with Crippen LogP contribution < -0.4 is 5.73 Å². The Labute approximate surface area is 132 Å². The number of nitrogen functional groups attached to an aromatic ring is 1. The quantitative estimate of drug-likeness (QED) is 0.315. The van der Waals surface area contributed by atoms with Crippen molar-refractivity contribution in [2.24, 2.45) is 0 Å². The molecule has 0 radical (unpaired) electrons. The minimum Gasteiger partial charge on any atom is -0.398 e. The number of rotatable bonds is 1. The molecule has 4 aromatic rings. The third-order valence-electron chi connectivity index (χ3n) is 4.16. The van der Waals surface area contributed by atoms with Gasteiger partial charge in [-0.25, -0.2) is 0 Å². The first kappa shape index (κ1) is 14.0. The molecule has 0 atom stereocenters. The summed E-state index contributed by atoms with van der Waals surface area (Å²) in [6, 6.07) is 18.8. The fourth-order valence-electron chi connectivity index (χ4n) is 3.18. The lowest BCUT2D eigenvalue weighted by atomic mass is 9.97. The first-order valence-electron chi connectivity index (χ1n) is 7.07. The largest absolute Gasteiger partial charge is 0.398 e. The van der Waals surface area contributed by atoms with E-state index in [0.717, 1.165) is 26.9 Å². The summed E-state index contributed by atoms with van der Waals surface area (Å²) >= 11 is 0. The van der Waals surface area contributed by atoms with E-state index in [9.17, 15) is 13.0 Å². The maximum absolute atomic E-state index is 11.7. The van der Waals surface area contributed by atoms with Gasteiger partial charge in [0.15, 0.2) is 0 Å². The Morgan fingerprint density at radius 2 is 1.26 bits per heavy atom. The Morgan fingerprint density at radius 1 is 0.696 bits per heavy atom. The second-order valence-electron chi connectivity index (χ2n) is 5.50. The minimum atomic E-state index is -4.40. The molecular weight excluding hydrogens is 310 g/mol.